The van der Waals surface area contributed by atoms with Crippen molar-refractivity contribution in [1.29, 1.82) is 0 Å². The summed E-state index contributed by atoms with van der Waals surface area (Å²) in [6.07, 6.45) is 1.55. The van der Waals surface area contributed by atoms with Gasteiger partial charge in [0.15, 0.2) is 5.69 Å². The Bertz CT molecular complexity index is 699. The van der Waals surface area contributed by atoms with Gasteiger partial charge in [0.2, 0.25) is 11.7 Å². The summed E-state index contributed by atoms with van der Waals surface area (Å²) in [5.74, 6) is 0.928. The second kappa shape index (κ2) is 4.44. The van der Waals surface area contributed by atoms with E-state index in [0.29, 0.717) is 17.4 Å². The molecule has 102 valence electrons. The van der Waals surface area contributed by atoms with E-state index in [1.807, 2.05) is 38.1 Å². The van der Waals surface area contributed by atoms with Gasteiger partial charge in [-0.15, -0.1) is 0 Å². The third-order valence-corrected chi connectivity index (χ3v) is 3.24. The normalized spacial score (nSPS) is 11.7. The number of nitrogen functional groups attached to an aromatic ring is 1. The lowest BCUT2D eigenvalue weighted by molar-refractivity contribution is 0.333. The van der Waals surface area contributed by atoms with Gasteiger partial charge in [-0.1, -0.05) is 17.3 Å². The fourth-order valence-electron chi connectivity index (χ4n) is 1.91. The largest absolute Gasteiger partial charge is 0.399 e. The maximum Gasteiger partial charge on any atom is 0.237 e. The Morgan fingerprint density at radius 3 is 2.60 bits per heavy atom. The molecule has 0 fully saturated rings. The summed E-state index contributed by atoms with van der Waals surface area (Å²) in [5, 5.41) is 14.1. The third kappa shape index (κ3) is 2.03. The van der Waals surface area contributed by atoms with Crippen molar-refractivity contribution in [2.75, 3.05) is 5.73 Å². The van der Waals surface area contributed by atoms with Crippen LogP contribution in [0.4, 0.5) is 5.69 Å². The predicted octanol–water partition coefficient (Wildman–Crippen LogP) is 1.76. The van der Waals surface area contributed by atoms with Crippen LogP contribution < -0.4 is 5.73 Å². The van der Waals surface area contributed by atoms with Crippen molar-refractivity contribution in [2.45, 2.75) is 19.3 Å². The molecule has 0 spiro atoms. The van der Waals surface area contributed by atoms with Gasteiger partial charge in [0.25, 0.3) is 0 Å². The van der Waals surface area contributed by atoms with Crippen LogP contribution in [0.15, 0.2) is 35.0 Å². The van der Waals surface area contributed by atoms with Crippen molar-refractivity contribution in [2.24, 2.45) is 0 Å². The highest BCUT2D eigenvalue weighted by molar-refractivity contribution is 5.47. The van der Waals surface area contributed by atoms with Gasteiger partial charge in [0.1, 0.15) is 0 Å². The second-order valence-corrected chi connectivity index (χ2v) is 5.03. The van der Waals surface area contributed by atoms with Gasteiger partial charge in [0, 0.05) is 5.69 Å². The zero-order valence-corrected chi connectivity index (χ0v) is 11.2. The molecule has 7 nitrogen and oxygen atoms in total. The minimum absolute atomic E-state index is 0.414. The van der Waals surface area contributed by atoms with Crippen LogP contribution in [-0.4, -0.2) is 25.6 Å². The van der Waals surface area contributed by atoms with Gasteiger partial charge in [-0.05, 0) is 31.5 Å². The lowest BCUT2D eigenvalue weighted by Crippen LogP contribution is -2.19. The van der Waals surface area contributed by atoms with Crippen LogP contribution in [0.25, 0.3) is 11.5 Å². The van der Waals surface area contributed by atoms with Crippen LogP contribution in [-0.2, 0) is 5.41 Å². The van der Waals surface area contributed by atoms with Crippen molar-refractivity contribution in [3.8, 4) is 11.5 Å². The summed E-state index contributed by atoms with van der Waals surface area (Å²) in [7, 11) is 0. The van der Waals surface area contributed by atoms with Crippen molar-refractivity contribution < 1.29 is 4.52 Å². The molecular formula is C13H14N6O. The average molecular weight is 270 g/mol. The molecule has 2 aromatic heterocycles. The lowest BCUT2D eigenvalue weighted by atomic mass is 9.84. The quantitative estimate of drug-likeness (QED) is 0.702. The van der Waals surface area contributed by atoms with Crippen LogP contribution in [0.2, 0.25) is 0 Å². The topological polar surface area (TPSA) is 107 Å². The lowest BCUT2D eigenvalue weighted by Gasteiger charge is -2.20. The maximum atomic E-state index is 5.71. The first-order chi connectivity index (χ1) is 9.57. The number of H-pyrrole nitrogens is 1. The van der Waals surface area contributed by atoms with Crippen molar-refractivity contribution in [1.82, 2.24) is 25.6 Å². The number of nitrogens with zero attached hydrogens (tertiary/aromatic N) is 4. The van der Waals surface area contributed by atoms with E-state index in [2.05, 4.69) is 25.6 Å². The summed E-state index contributed by atoms with van der Waals surface area (Å²) in [4.78, 5) is 4.39. The van der Waals surface area contributed by atoms with Gasteiger partial charge in [-0.2, -0.15) is 20.4 Å². The third-order valence-electron chi connectivity index (χ3n) is 3.24. The molecule has 0 radical (unpaired) electrons. The first kappa shape index (κ1) is 12.3. The van der Waals surface area contributed by atoms with Crippen LogP contribution in [0.5, 0.6) is 0 Å². The number of benzene rings is 1. The molecule has 2 heterocycles. The Morgan fingerprint density at radius 1 is 1.20 bits per heavy atom. The number of rotatable bonds is 3. The zero-order chi connectivity index (χ0) is 14.2. The molecule has 0 bridgehead atoms. The van der Waals surface area contributed by atoms with Crippen molar-refractivity contribution >= 4 is 5.69 Å². The van der Waals surface area contributed by atoms with Crippen molar-refractivity contribution in [3.63, 3.8) is 0 Å². The summed E-state index contributed by atoms with van der Waals surface area (Å²) >= 11 is 0. The monoisotopic (exact) mass is 270 g/mol. The van der Waals surface area contributed by atoms with E-state index in [1.54, 1.807) is 6.20 Å². The maximum absolute atomic E-state index is 5.71. The summed E-state index contributed by atoms with van der Waals surface area (Å²) in [6, 6.07) is 7.61. The summed E-state index contributed by atoms with van der Waals surface area (Å²) in [6.45, 7) is 4.03. The van der Waals surface area contributed by atoms with Crippen LogP contribution in [0.3, 0.4) is 0 Å². The molecule has 1 aromatic carbocycles. The molecule has 20 heavy (non-hydrogen) atoms. The molecule has 3 N–H and O–H groups in total. The standard InChI is InChI=1S/C13H14N6O/c1-13(2,8-3-5-9(14)6-4-8)12-16-11(18-20-12)10-7-15-19-17-10/h3-7H,14H2,1-2H3,(H,15,17,19). The number of hydrogen-bond acceptors (Lipinski definition) is 6. The number of nitrogens with two attached hydrogens (primary N) is 1. The molecule has 0 atom stereocenters. The summed E-state index contributed by atoms with van der Waals surface area (Å²) in [5.41, 5.74) is 7.61. The number of aromatic amines is 1. The zero-order valence-electron chi connectivity index (χ0n) is 11.2. The average Bonchev–Trinajstić information content (AvgIpc) is 3.10. The Morgan fingerprint density at radius 2 is 1.95 bits per heavy atom. The molecule has 7 heteroatoms. The molecule has 0 unspecified atom stereocenters. The van der Waals surface area contributed by atoms with Crippen molar-refractivity contribution in [3.05, 3.63) is 41.9 Å². The number of anilines is 1. The molecular weight excluding hydrogens is 256 g/mol. The van der Waals surface area contributed by atoms with E-state index >= 15 is 0 Å². The molecule has 0 aliphatic carbocycles. The minimum Gasteiger partial charge on any atom is -0.399 e. The van der Waals surface area contributed by atoms with E-state index in [-0.39, 0.29) is 0 Å². The molecule has 0 saturated carbocycles. The van der Waals surface area contributed by atoms with Gasteiger partial charge in [-0.3, -0.25) is 0 Å². The van der Waals surface area contributed by atoms with E-state index in [1.165, 1.54) is 0 Å². The van der Waals surface area contributed by atoms with Gasteiger partial charge in [0.05, 0.1) is 11.6 Å². The highest BCUT2D eigenvalue weighted by atomic mass is 16.5. The Labute approximate surface area is 115 Å². The van der Waals surface area contributed by atoms with Crippen LogP contribution in [0.1, 0.15) is 25.3 Å². The fraction of sp³-hybridized carbons (Fsp3) is 0.231. The Balaban J connectivity index is 1.97. The van der Waals surface area contributed by atoms with E-state index < -0.39 is 5.41 Å². The highest BCUT2D eigenvalue weighted by Crippen LogP contribution is 2.31. The molecule has 0 saturated heterocycles. The summed E-state index contributed by atoms with van der Waals surface area (Å²) < 4.78 is 5.36. The van der Waals surface area contributed by atoms with Gasteiger partial charge < -0.3 is 10.3 Å². The fourth-order valence-corrected chi connectivity index (χ4v) is 1.91. The molecule has 0 aliphatic rings. The van der Waals surface area contributed by atoms with E-state index in [9.17, 15) is 0 Å². The first-order valence-corrected chi connectivity index (χ1v) is 6.14. The Hall–Kier alpha value is -2.70. The van der Waals surface area contributed by atoms with Gasteiger partial charge in [-0.25, -0.2) is 0 Å². The molecule has 0 aliphatic heterocycles. The molecule has 0 amide bonds. The first-order valence-electron chi connectivity index (χ1n) is 6.14. The van der Waals surface area contributed by atoms with E-state index in [0.717, 1.165) is 11.3 Å². The SMILES string of the molecule is CC(C)(c1ccc(N)cc1)c1nc(-c2cn[nH]n2)no1. The number of aromatic nitrogens is 5. The molecule has 3 aromatic rings. The van der Waals surface area contributed by atoms with Crippen LogP contribution >= 0.6 is 0 Å². The Kier molecular flexibility index (Phi) is 2.74. The van der Waals surface area contributed by atoms with E-state index in [4.69, 9.17) is 10.3 Å². The van der Waals surface area contributed by atoms with Gasteiger partial charge >= 0.3 is 0 Å². The number of nitrogens with one attached hydrogen (secondary N) is 1. The minimum atomic E-state index is -0.414. The smallest absolute Gasteiger partial charge is 0.237 e. The second-order valence-electron chi connectivity index (χ2n) is 5.03. The predicted molar refractivity (Wildman–Crippen MR) is 72.7 cm³/mol. The van der Waals surface area contributed by atoms with Crippen LogP contribution in [0, 0.1) is 0 Å². The molecule has 3 rings (SSSR count). The highest BCUT2D eigenvalue weighted by Gasteiger charge is 2.30. The number of hydrogen-bond donors (Lipinski definition) is 2.